The summed E-state index contributed by atoms with van der Waals surface area (Å²) < 4.78 is 1.89. The van der Waals surface area contributed by atoms with Crippen molar-refractivity contribution in [3.63, 3.8) is 0 Å². The number of oxime groups is 1. The Kier molecular flexibility index (Phi) is 3.19. The Morgan fingerprint density at radius 2 is 1.87 bits per heavy atom. The van der Waals surface area contributed by atoms with Crippen LogP contribution in [0, 0.1) is 0 Å². The molecule has 5 heteroatoms. The molecule has 0 saturated carbocycles. The molecule has 0 fully saturated rings. The van der Waals surface area contributed by atoms with Crippen molar-refractivity contribution in [2.75, 3.05) is 0 Å². The topological polar surface area (TPSA) is 63.3 Å². The van der Waals surface area contributed by atoms with Crippen LogP contribution in [0.4, 0.5) is 0 Å². The van der Waals surface area contributed by atoms with Gasteiger partial charge in [0.2, 0.25) is 0 Å². The first-order valence-corrected chi connectivity index (χ1v) is 7.55. The van der Waals surface area contributed by atoms with Crippen molar-refractivity contribution in [3.05, 3.63) is 60.0 Å². The van der Waals surface area contributed by atoms with E-state index >= 15 is 0 Å². The van der Waals surface area contributed by atoms with Gasteiger partial charge in [-0.15, -0.1) is 0 Å². The van der Waals surface area contributed by atoms with E-state index in [2.05, 4.69) is 27.4 Å². The second kappa shape index (κ2) is 5.35. The maximum atomic E-state index is 9.06. The molecule has 0 saturated heterocycles. The molecule has 0 spiro atoms. The Bertz CT molecular complexity index is 897. The highest BCUT2D eigenvalue weighted by Crippen LogP contribution is 2.34. The van der Waals surface area contributed by atoms with E-state index in [1.807, 2.05) is 36.1 Å². The van der Waals surface area contributed by atoms with Gasteiger partial charge in [0, 0.05) is 36.1 Å². The largest absolute Gasteiger partial charge is 0.411 e. The van der Waals surface area contributed by atoms with Gasteiger partial charge in [-0.25, -0.2) is 0 Å². The summed E-state index contributed by atoms with van der Waals surface area (Å²) in [5.74, 6) is 0. The summed E-state index contributed by atoms with van der Waals surface area (Å²) in [6, 6.07) is 10.3. The molecule has 1 aliphatic carbocycles. The fourth-order valence-electron chi connectivity index (χ4n) is 3.24. The zero-order valence-corrected chi connectivity index (χ0v) is 12.8. The van der Waals surface area contributed by atoms with E-state index in [0.29, 0.717) is 0 Å². The van der Waals surface area contributed by atoms with Gasteiger partial charge in [0.15, 0.2) is 0 Å². The van der Waals surface area contributed by atoms with Gasteiger partial charge < -0.3 is 5.21 Å². The number of pyridine rings is 1. The van der Waals surface area contributed by atoms with E-state index in [-0.39, 0.29) is 0 Å². The van der Waals surface area contributed by atoms with Crippen molar-refractivity contribution >= 4 is 5.71 Å². The van der Waals surface area contributed by atoms with Gasteiger partial charge >= 0.3 is 0 Å². The van der Waals surface area contributed by atoms with Crippen molar-refractivity contribution in [3.8, 4) is 22.4 Å². The average Bonchev–Trinajstić information content (AvgIpc) is 3.18. The summed E-state index contributed by atoms with van der Waals surface area (Å²) in [7, 11) is 1.95. The lowest BCUT2D eigenvalue weighted by molar-refractivity contribution is 0.318. The number of aryl methyl sites for hydroxylation is 2. The van der Waals surface area contributed by atoms with E-state index in [1.165, 1.54) is 5.56 Å². The fourth-order valence-corrected chi connectivity index (χ4v) is 3.24. The third-order valence-electron chi connectivity index (χ3n) is 4.37. The molecule has 0 unspecified atom stereocenters. The fraction of sp³-hybridized carbons (Fsp3) is 0.167. The van der Waals surface area contributed by atoms with E-state index in [9.17, 15) is 0 Å². The average molecular weight is 304 g/mol. The highest BCUT2D eigenvalue weighted by Gasteiger charge is 2.20. The normalized spacial score (nSPS) is 15.1. The quantitative estimate of drug-likeness (QED) is 0.584. The van der Waals surface area contributed by atoms with Crippen LogP contribution in [0.1, 0.15) is 17.5 Å². The summed E-state index contributed by atoms with van der Waals surface area (Å²) in [6.45, 7) is 0. The molecule has 4 rings (SSSR count). The number of hydrogen-bond donors (Lipinski definition) is 1. The molecule has 2 aromatic heterocycles. The van der Waals surface area contributed by atoms with Crippen LogP contribution in [0.3, 0.4) is 0 Å². The zero-order chi connectivity index (χ0) is 15.8. The zero-order valence-electron chi connectivity index (χ0n) is 12.8. The van der Waals surface area contributed by atoms with Crippen molar-refractivity contribution < 1.29 is 5.21 Å². The smallest absolute Gasteiger partial charge is 0.0873 e. The molecule has 114 valence electrons. The Hall–Kier alpha value is -2.95. The van der Waals surface area contributed by atoms with Gasteiger partial charge in [-0.2, -0.15) is 5.10 Å². The van der Waals surface area contributed by atoms with Crippen LogP contribution in [0.2, 0.25) is 0 Å². The first kappa shape index (κ1) is 13.7. The molecule has 0 amide bonds. The van der Waals surface area contributed by atoms with Crippen molar-refractivity contribution in [1.29, 1.82) is 0 Å². The molecule has 23 heavy (non-hydrogen) atoms. The number of nitrogens with zero attached hydrogens (tertiary/aromatic N) is 4. The van der Waals surface area contributed by atoms with E-state index < -0.39 is 0 Å². The van der Waals surface area contributed by atoms with E-state index in [1.54, 1.807) is 12.4 Å². The molecule has 0 radical (unpaired) electrons. The third-order valence-corrected chi connectivity index (χ3v) is 4.37. The molecule has 3 aromatic rings. The molecule has 0 atom stereocenters. The number of fused-ring (bicyclic) bond motifs is 1. The first-order chi connectivity index (χ1) is 11.3. The maximum absolute atomic E-state index is 9.06. The third kappa shape index (κ3) is 2.21. The number of benzene rings is 1. The summed E-state index contributed by atoms with van der Waals surface area (Å²) in [4.78, 5) is 4.09. The van der Waals surface area contributed by atoms with Crippen LogP contribution in [0.5, 0.6) is 0 Å². The molecular formula is C18H16N4O. The molecule has 2 heterocycles. The summed E-state index contributed by atoms with van der Waals surface area (Å²) >= 11 is 0. The van der Waals surface area contributed by atoms with Crippen molar-refractivity contribution in [2.45, 2.75) is 12.8 Å². The van der Waals surface area contributed by atoms with Crippen molar-refractivity contribution in [1.82, 2.24) is 14.8 Å². The summed E-state index contributed by atoms with van der Waals surface area (Å²) in [5.41, 5.74) is 7.42. The van der Waals surface area contributed by atoms with Gasteiger partial charge in [0.1, 0.15) is 0 Å². The molecule has 1 N–H and O–H groups in total. The molecular weight excluding hydrogens is 288 g/mol. The minimum absolute atomic E-state index is 0.770. The minimum atomic E-state index is 0.770. The van der Waals surface area contributed by atoms with Crippen molar-refractivity contribution in [2.24, 2.45) is 12.2 Å². The monoisotopic (exact) mass is 304 g/mol. The molecule has 1 aromatic carbocycles. The van der Waals surface area contributed by atoms with Gasteiger partial charge in [-0.1, -0.05) is 23.4 Å². The molecule has 5 nitrogen and oxygen atoms in total. The second-order valence-corrected chi connectivity index (χ2v) is 5.68. The molecule has 0 aliphatic heterocycles. The second-order valence-electron chi connectivity index (χ2n) is 5.68. The molecule has 1 aliphatic rings. The van der Waals surface area contributed by atoms with Gasteiger partial charge in [0.25, 0.3) is 0 Å². The Balaban J connectivity index is 1.84. The Morgan fingerprint density at radius 1 is 1.04 bits per heavy atom. The summed E-state index contributed by atoms with van der Waals surface area (Å²) in [6.07, 6.45) is 7.18. The van der Waals surface area contributed by atoms with Gasteiger partial charge in [-0.3, -0.25) is 9.67 Å². The highest BCUT2D eigenvalue weighted by atomic mass is 16.4. The highest BCUT2D eigenvalue weighted by molar-refractivity contribution is 6.04. The van der Waals surface area contributed by atoms with Crippen LogP contribution in [0.25, 0.3) is 22.4 Å². The van der Waals surface area contributed by atoms with Crippen LogP contribution in [-0.2, 0) is 13.5 Å². The lowest BCUT2D eigenvalue weighted by atomic mass is 9.98. The summed E-state index contributed by atoms with van der Waals surface area (Å²) in [5, 5.41) is 16.9. The van der Waals surface area contributed by atoms with Crippen LogP contribution in [0.15, 0.2) is 54.1 Å². The minimum Gasteiger partial charge on any atom is -0.411 e. The van der Waals surface area contributed by atoms with E-state index in [4.69, 9.17) is 5.21 Å². The molecule has 0 bridgehead atoms. The Labute approximate surface area is 133 Å². The first-order valence-electron chi connectivity index (χ1n) is 7.55. The van der Waals surface area contributed by atoms with Crippen LogP contribution in [-0.4, -0.2) is 25.7 Å². The predicted octanol–water partition coefficient (Wildman–Crippen LogP) is 3.27. The number of rotatable bonds is 2. The lowest BCUT2D eigenvalue weighted by Crippen LogP contribution is -1.95. The SMILES string of the molecule is Cn1ncc(-c2ccc3c(c2)CCC3=NO)c1-c1ccncc1. The van der Waals surface area contributed by atoms with Gasteiger partial charge in [-0.05, 0) is 36.1 Å². The predicted molar refractivity (Wildman–Crippen MR) is 88.5 cm³/mol. The number of hydrogen-bond acceptors (Lipinski definition) is 4. The number of aromatic nitrogens is 3. The van der Waals surface area contributed by atoms with Crippen LogP contribution < -0.4 is 0 Å². The van der Waals surface area contributed by atoms with Gasteiger partial charge in [0.05, 0.1) is 17.6 Å². The van der Waals surface area contributed by atoms with Crippen LogP contribution >= 0.6 is 0 Å². The lowest BCUT2D eigenvalue weighted by Gasteiger charge is -2.08. The standard InChI is InChI=1S/C18H16N4O/c1-22-18(12-6-8-19-9-7-12)16(11-20-22)14-2-4-15-13(10-14)3-5-17(15)21-23/h2,4,6-11,23H,3,5H2,1H3. The maximum Gasteiger partial charge on any atom is 0.0873 e. The van der Waals surface area contributed by atoms with E-state index in [0.717, 1.165) is 46.5 Å². The Morgan fingerprint density at radius 3 is 2.65 bits per heavy atom.